The maximum absolute atomic E-state index is 6.21. The van der Waals surface area contributed by atoms with Gasteiger partial charge in [0.2, 0.25) is 0 Å². The Bertz CT molecular complexity index is 2270. The van der Waals surface area contributed by atoms with E-state index in [-0.39, 0.29) is 25.5 Å². The fourth-order valence-corrected chi connectivity index (χ4v) is 7.68. The standard InChI is InChI=1S/C23H17NO.C21H23N2.Ir/c1-23(2)15-7-4-10-18-20(15)21-17(9-5-11-19(21)25-18)24-13-12-14-6-3-8-16(23)22(14)24;1-15(2)18-11-8-12-19(16(3)4)20(18)23-14-13-22-21(23)17-9-6-5-7-10-17;/h3-8,10-11,13H,12H2,1-2H3;5-9,11-16H,1-4H3;/q-2;-1;+3. The van der Waals surface area contributed by atoms with E-state index >= 15 is 0 Å². The number of rotatable bonds is 4. The maximum atomic E-state index is 6.21. The van der Waals surface area contributed by atoms with Gasteiger partial charge in [-0.25, -0.2) is 6.54 Å². The number of para-hydroxylation sites is 2. The molecule has 246 valence electrons. The Hall–Kier alpha value is -4.44. The van der Waals surface area contributed by atoms with Crippen LogP contribution in [0.15, 0.2) is 108 Å². The molecule has 49 heavy (non-hydrogen) atoms. The zero-order chi connectivity index (χ0) is 33.2. The third kappa shape index (κ3) is 5.35. The Morgan fingerprint density at radius 1 is 0.755 bits per heavy atom. The summed E-state index contributed by atoms with van der Waals surface area (Å²) in [6.07, 6.45) is 4.89. The van der Waals surface area contributed by atoms with Crippen molar-refractivity contribution in [3.63, 3.8) is 0 Å². The van der Waals surface area contributed by atoms with Gasteiger partial charge in [-0.3, -0.25) is 4.98 Å². The van der Waals surface area contributed by atoms with Gasteiger partial charge < -0.3 is 13.9 Å². The summed E-state index contributed by atoms with van der Waals surface area (Å²) in [5.41, 5.74) is 13.3. The van der Waals surface area contributed by atoms with Crippen molar-refractivity contribution in [3.05, 3.63) is 150 Å². The molecule has 5 heteroatoms. The average molecular weight is 819 g/mol. The predicted octanol–water partition coefficient (Wildman–Crippen LogP) is 11.5. The second kappa shape index (κ2) is 12.8. The monoisotopic (exact) mass is 819 g/mol. The van der Waals surface area contributed by atoms with Gasteiger partial charge in [0.1, 0.15) is 5.58 Å². The number of imidazole rings is 1. The van der Waals surface area contributed by atoms with Crippen LogP contribution in [0.3, 0.4) is 0 Å². The van der Waals surface area contributed by atoms with Crippen molar-refractivity contribution in [1.82, 2.24) is 9.55 Å². The van der Waals surface area contributed by atoms with E-state index in [1.54, 1.807) is 0 Å². The van der Waals surface area contributed by atoms with Crippen LogP contribution in [-0.4, -0.2) is 9.55 Å². The van der Waals surface area contributed by atoms with E-state index in [0.717, 1.165) is 34.7 Å². The summed E-state index contributed by atoms with van der Waals surface area (Å²) < 4.78 is 8.43. The van der Waals surface area contributed by atoms with Crippen LogP contribution >= 0.6 is 0 Å². The van der Waals surface area contributed by atoms with Gasteiger partial charge in [0, 0.05) is 34.8 Å². The third-order valence-corrected chi connectivity index (χ3v) is 10.1. The molecule has 4 nitrogen and oxygen atoms in total. The smallest absolute Gasteiger partial charge is 0.513 e. The number of benzene rings is 5. The predicted molar refractivity (Wildman–Crippen MR) is 197 cm³/mol. The van der Waals surface area contributed by atoms with Crippen LogP contribution in [-0.2, 0) is 31.9 Å². The van der Waals surface area contributed by atoms with E-state index in [1.165, 1.54) is 50.0 Å². The minimum atomic E-state index is -0.106. The molecule has 0 bridgehead atoms. The fraction of sp³-hybridized carbons (Fsp3) is 0.227. The summed E-state index contributed by atoms with van der Waals surface area (Å²) in [4.78, 5) is 6.93. The van der Waals surface area contributed by atoms with Crippen LogP contribution in [0.5, 0.6) is 0 Å². The number of fused-ring (bicyclic) bond motifs is 1. The normalized spacial score (nSPS) is 14.1. The van der Waals surface area contributed by atoms with Crippen LogP contribution in [0.4, 0.5) is 11.4 Å². The van der Waals surface area contributed by atoms with Crippen LogP contribution < -0.4 is 4.90 Å². The van der Waals surface area contributed by atoms with Crippen molar-refractivity contribution in [3.8, 4) is 17.1 Å². The second-order valence-electron chi connectivity index (χ2n) is 14.0. The summed E-state index contributed by atoms with van der Waals surface area (Å²) in [5, 5.41) is 2.41. The molecule has 0 saturated carbocycles. The number of anilines is 2. The Balaban J connectivity index is 0.000000152. The van der Waals surface area contributed by atoms with Crippen molar-refractivity contribution in [1.29, 1.82) is 0 Å². The Morgan fingerprint density at radius 3 is 2.20 bits per heavy atom. The van der Waals surface area contributed by atoms with Gasteiger partial charge in [-0.1, -0.05) is 107 Å². The van der Waals surface area contributed by atoms with E-state index in [4.69, 9.17) is 4.42 Å². The van der Waals surface area contributed by atoms with Gasteiger partial charge in [0.05, 0.1) is 5.82 Å². The fourth-order valence-electron chi connectivity index (χ4n) is 7.68. The molecule has 0 fully saturated rings. The van der Waals surface area contributed by atoms with Crippen molar-refractivity contribution < 1.29 is 24.5 Å². The minimum Gasteiger partial charge on any atom is -0.513 e. The SMILES string of the molecule is CC(C)c1cccc(C(C)C)c1-n1ccnc1-c1[c-]cccc1.CC1(C)c2cccc3c2N([CH-]C3)c2[c-]ccc3oc4cccc1c4c23.[Ir+3]. The molecule has 5 aromatic carbocycles. The minimum absolute atomic E-state index is 0. The van der Waals surface area contributed by atoms with Gasteiger partial charge in [-0.05, 0) is 45.5 Å². The summed E-state index contributed by atoms with van der Waals surface area (Å²) >= 11 is 0. The Kier molecular flexibility index (Phi) is 8.63. The first-order chi connectivity index (χ1) is 23.3. The number of hydrogen-bond acceptors (Lipinski definition) is 3. The number of hydrogen-bond donors (Lipinski definition) is 0. The third-order valence-electron chi connectivity index (χ3n) is 10.1. The van der Waals surface area contributed by atoms with Crippen molar-refractivity contribution in [2.75, 3.05) is 4.90 Å². The summed E-state index contributed by atoms with van der Waals surface area (Å²) in [5.74, 6) is 1.86. The second-order valence-corrected chi connectivity index (χ2v) is 14.0. The topological polar surface area (TPSA) is 34.2 Å². The van der Waals surface area contributed by atoms with E-state index in [1.807, 2.05) is 36.5 Å². The molecule has 0 unspecified atom stereocenters. The number of nitrogens with zero attached hydrogens (tertiary/aromatic N) is 3. The molecule has 0 atom stereocenters. The average Bonchev–Trinajstić information content (AvgIpc) is 3.85. The summed E-state index contributed by atoms with van der Waals surface area (Å²) in [6.45, 7) is 15.9. The largest absolute Gasteiger partial charge is 3.00 e. The van der Waals surface area contributed by atoms with Gasteiger partial charge in [-0.2, -0.15) is 12.1 Å². The molecule has 2 aliphatic heterocycles. The number of aromatic nitrogens is 2. The quantitative estimate of drug-likeness (QED) is 0.166. The number of furan rings is 1. The zero-order valence-corrected chi connectivity index (χ0v) is 31.2. The maximum Gasteiger partial charge on any atom is 3.00 e. The molecule has 9 rings (SSSR count). The van der Waals surface area contributed by atoms with Crippen LogP contribution in [0.2, 0.25) is 0 Å². The van der Waals surface area contributed by atoms with E-state index < -0.39 is 0 Å². The molecule has 0 radical (unpaired) electrons. The van der Waals surface area contributed by atoms with Gasteiger partial charge in [0.25, 0.3) is 0 Å². The van der Waals surface area contributed by atoms with Crippen LogP contribution in [0.1, 0.15) is 81.2 Å². The van der Waals surface area contributed by atoms with Gasteiger partial charge >= 0.3 is 20.1 Å². The molecule has 7 aromatic rings. The Morgan fingerprint density at radius 2 is 1.47 bits per heavy atom. The van der Waals surface area contributed by atoms with E-state index in [0.29, 0.717) is 11.8 Å². The molecule has 2 aromatic heterocycles. The first kappa shape index (κ1) is 33.1. The van der Waals surface area contributed by atoms with Crippen LogP contribution in [0.25, 0.3) is 39.0 Å². The van der Waals surface area contributed by atoms with Crippen LogP contribution in [0, 0.1) is 18.7 Å². The summed E-state index contributed by atoms with van der Waals surface area (Å²) in [7, 11) is 0. The molecule has 2 aliphatic rings. The molecule has 4 heterocycles. The van der Waals surface area contributed by atoms with Gasteiger partial charge in [0.15, 0.2) is 0 Å². The first-order valence-corrected chi connectivity index (χ1v) is 17.0. The molecular formula is C44H40IrN3O. The van der Waals surface area contributed by atoms with Crippen molar-refractivity contribution in [2.24, 2.45) is 0 Å². The van der Waals surface area contributed by atoms with Crippen molar-refractivity contribution in [2.45, 2.75) is 65.2 Å². The van der Waals surface area contributed by atoms with Gasteiger partial charge in [-0.15, -0.1) is 48.4 Å². The molecule has 0 aliphatic carbocycles. The van der Waals surface area contributed by atoms with Crippen molar-refractivity contribution >= 4 is 33.3 Å². The molecule has 0 spiro atoms. The first-order valence-electron chi connectivity index (χ1n) is 17.0. The zero-order valence-electron chi connectivity index (χ0n) is 28.8. The molecular weight excluding hydrogens is 779 g/mol. The molecule has 0 amide bonds. The van der Waals surface area contributed by atoms with E-state index in [9.17, 15) is 0 Å². The molecule has 0 saturated heterocycles. The molecule has 0 N–H and O–H groups in total. The van der Waals surface area contributed by atoms with E-state index in [2.05, 4.69) is 142 Å². The Labute approximate surface area is 303 Å². The summed E-state index contributed by atoms with van der Waals surface area (Å²) in [6, 6.07) is 38.6.